The van der Waals surface area contributed by atoms with E-state index in [1.807, 2.05) is 38.1 Å². The van der Waals surface area contributed by atoms with Crippen LogP contribution in [0.5, 0.6) is 17.2 Å². The zero-order chi connectivity index (χ0) is 22.1. The quantitative estimate of drug-likeness (QED) is 0.490. The number of nitrogens with one attached hydrogen (secondary N) is 2. The molecular formula is C23H24N4O4. The lowest BCUT2D eigenvalue weighted by atomic mass is 10.1. The average Bonchev–Trinajstić information content (AvgIpc) is 2.77. The van der Waals surface area contributed by atoms with Crippen molar-refractivity contribution < 1.29 is 14.2 Å². The summed E-state index contributed by atoms with van der Waals surface area (Å²) in [6, 6.07) is 9.16. The van der Waals surface area contributed by atoms with Gasteiger partial charge in [0, 0.05) is 23.6 Å². The fraction of sp³-hybridized carbons (Fsp3) is 0.261. The number of aromatic amines is 1. The Morgan fingerprint density at radius 3 is 2.19 bits per heavy atom. The van der Waals surface area contributed by atoms with Gasteiger partial charge in [-0.05, 0) is 38.1 Å². The van der Waals surface area contributed by atoms with Crippen molar-refractivity contribution in [3.63, 3.8) is 0 Å². The Kier molecular flexibility index (Phi) is 5.37. The highest BCUT2D eigenvalue weighted by atomic mass is 16.5. The Labute approximate surface area is 179 Å². The molecule has 0 aliphatic rings. The number of pyridine rings is 1. The molecule has 0 bridgehead atoms. The van der Waals surface area contributed by atoms with Crippen LogP contribution in [0.1, 0.15) is 17.0 Å². The molecule has 0 unspecified atom stereocenters. The van der Waals surface area contributed by atoms with Crippen LogP contribution in [0.15, 0.2) is 35.1 Å². The molecule has 8 heteroatoms. The van der Waals surface area contributed by atoms with E-state index in [4.69, 9.17) is 14.2 Å². The van der Waals surface area contributed by atoms with Crippen molar-refractivity contribution in [3.05, 3.63) is 57.6 Å². The highest BCUT2D eigenvalue weighted by Crippen LogP contribution is 2.32. The van der Waals surface area contributed by atoms with Gasteiger partial charge in [-0.3, -0.25) is 4.79 Å². The fourth-order valence-corrected chi connectivity index (χ4v) is 3.49. The minimum atomic E-state index is -0.178. The van der Waals surface area contributed by atoms with Gasteiger partial charge < -0.3 is 24.5 Å². The molecule has 0 saturated carbocycles. The van der Waals surface area contributed by atoms with Crippen LogP contribution in [0.3, 0.4) is 0 Å². The molecule has 0 aliphatic heterocycles. The number of fused-ring (bicyclic) bond motifs is 2. The predicted molar refractivity (Wildman–Crippen MR) is 121 cm³/mol. The summed E-state index contributed by atoms with van der Waals surface area (Å²) in [5.41, 5.74) is 4.93. The van der Waals surface area contributed by atoms with E-state index in [-0.39, 0.29) is 5.56 Å². The lowest BCUT2D eigenvalue weighted by Gasteiger charge is -2.13. The molecule has 0 amide bonds. The molecule has 31 heavy (non-hydrogen) atoms. The van der Waals surface area contributed by atoms with E-state index in [0.29, 0.717) is 45.9 Å². The van der Waals surface area contributed by atoms with Gasteiger partial charge in [0.15, 0.2) is 11.5 Å². The van der Waals surface area contributed by atoms with Crippen molar-refractivity contribution >= 4 is 27.6 Å². The first kappa shape index (κ1) is 20.5. The molecule has 2 aromatic carbocycles. The Balaban J connectivity index is 1.72. The normalized spacial score (nSPS) is 11.0. The molecule has 4 aromatic rings. The smallest absolute Gasteiger partial charge is 0.253 e. The SMILES string of the molecule is COc1cc2cc(CNc3ccc(OC)c4nc(C)c(C)nc34)c(=O)[nH]c2cc1OC. The second kappa shape index (κ2) is 8.14. The predicted octanol–water partition coefficient (Wildman–Crippen LogP) is 3.73. The first-order chi connectivity index (χ1) is 14.9. The third-order valence-corrected chi connectivity index (χ3v) is 5.31. The maximum atomic E-state index is 12.7. The van der Waals surface area contributed by atoms with Crippen LogP contribution in [-0.4, -0.2) is 36.3 Å². The van der Waals surface area contributed by atoms with Gasteiger partial charge in [0.05, 0.1) is 43.9 Å². The van der Waals surface area contributed by atoms with Crippen molar-refractivity contribution in [2.24, 2.45) is 0 Å². The zero-order valence-electron chi connectivity index (χ0n) is 18.1. The number of anilines is 1. The van der Waals surface area contributed by atoms with Crippen LogP contribution in [0.4, 0.5) is 5.69 Å². The van der Waals surface area contributed by atoms with Gasteiger partial charge in [0.2, 0.25) is 0 Å². The molecule has 0 aliphatic carbocycles. The molecule has 0 atom stereocenters. The molecule has 0 radical (unpaired) electrons. The molecule has 160 valence electrons. The number of H-pyrrole nitrogens is 1. The van der Waals surface area contributed by atoms with Crippen molar-refractivity contribution in [1.82, 2.24) is 15.0 Å². The molecule has 2 heterocycles. The number of aryl methyl sites for hydroxylation is 2. The minimum Gasteiger partial charge on any atom is -0.494 e. The summed E-state index contributed by atoms with van der Waals surface area (Å²) in [5.74, 6) is 1.81. The highest BCUT2D eigenvalue weighted by Gasteiger charge is 2.13. The van der Waals surface area contributed by atoms with E-state index in [9.17, 15) is 4.79 Å². The van der Waals surface area contributed by atoms with Gasteiger partial charge in [-0.25, -0.2) is 9.97 Å². The summed E-state index contributed by atoms with van der Waals surface area (Å²) in [5, 5.41) is 4.17. The van der Waals surface area contributed by atoms with Gasteiger partial charge in [0.1, 0.15) is 16.8 Å². The lowest BCUT2D eigenvalue weighted by Crippen LogP contribution is -2.16. The Morgan fingerprint density at radius 2 is 1.52 bits per heavy atom. The van der Waals surface area contributed by atoms with Gasteiger partial charge in [-0.1, -0.05) is 0 Å². The Bertz CT molecular complexity index is 1350. The maximum absolute atomic E-state index is 12.7. The number of hydrogen-bond donors (Lipinski definition) is 2. The fourth-order valence-electron chi connectivity index (χ4n) is 3.49. The first-order valence-electron chi connectivity index (χ1n) is 9.79. The van der Waals surface area contributed by atoms with Crippen molar-refractivity contribution in [3.8, 4) is 17.2 Å². The van der Waals surface area contributed by atoms with Crippen molar-refractivity contribution in [1.29, 1.82) is 0 Å². The molecule has 2 aromatic heterocycles. The first-order valence-corrected chi connectivity index (χ1v) is 9.79. The van der Waals surface area contributed by atoms with E-state index in [0.717, 1.165) is 22.5 Å². The van der Waals surface area contributed by atoms with Crippen LogP contribution in [-0.2, 0) is 6.54 Å². The van der Waals surface area contributed by atoms with Gasteiger partial charge in [-0.15, -0.1) is 0 Å². The summed E-state index contributed by atoms with van der Waals surface area (Å²) in [7, 11) is 4.75. The summed E-state index contributed by atoms with van der Waals surface area (Å²) in [4.78, 5) is 24.9. The summed E-state index contributed by atoms with van der Waals surface area (Å²) in [6.45, 7) is 4.15. The Hall–Kier alpha value is -3.81. The molecule has 0 saturated heterocycles. The lowest BCUT2D eigenvalue weighted by molar-refractivity contribution is 0.356. The molecule has 0 fully saturated rings. The number of nitrogens with zero attached hydrogens (tertiary/aromatic N) is 2. The topological polar surface area (TPSA) is 98.4 Å². The van der Waals surface area contributed by atoms with Gasteiger partial charge in [-0.2, -0.15) is 0 Å². The maximum Gasteiger partial charge on any atom is 0.253 e. The summed E-state index contributed by atoms with van der Waals surface area (Å²) >= 11 is 0. The minimum absolute atomic E-state index is 0.178. The number of hydrogen-bond acceptors (Lipinski definition) is 7. The summed E-state index contributed by atoms with van der Waals surface area (Å²) < 4.78 is 16.1. The second-order valence-electron chi connectivity index (χ2n) is 7.18. The molecule has 2 N–H and O–H groups in total. The number of aromatic nitrogens is 3. The van der Waals surface area contributed by atoms with Crippen LogP contribution in [0.25, 0.3) is 21.9 Å². The molecule has 4 rings (SSSR count). The number of methoxy groups -OCH3 is 3. The largest absolute Gasteiger partial charge is 0.494 e. The molecular weight excluding hydrogens is 396 g/mol. The summed E-state index contributed by atoms with van der Waals surface area (Å²) in [6.07, 6.45) is 0. The van der Waals surface area contributed by atoms with Crippen LogP contribution < -0.4 is 25.1 Å². The van der Waals surface area contributed by atoms with E-state index in [1.54, 1.807) is 27.4 Å². The second-order valence-corrected chi connectivity index (χ2v) is 7.18. The average molecular weight is 420 g/mol. The Morgan fingerprint density at radius 1 is 0.871 bits per heavy atom. The monoisotopic (exact) mass is 420 g/mol. The van der Waals surface area contributed by atoms with Crippen molar-refractivity contribution in [2.45, 2.75) is 20.4 Å². The van der Waals surface area contributed by atoms with E-state index in [2.05, 4.69) is 20.3 Å². The van der Waals surface area contributed by atoms with E-state index < -0.39 is 0 Å². The number of ether oxygens (including phenoxy) is 3. The van der Waals surface area contributed by atoms with Crippen LogP contribution in [0, 0.1) is 13.8 Å². The standard InChI is InChI=1S/C23H24N4O4/c1-12-13(2)26-22-18(29-3)7-6-16(21(22)25-12)24-11-15-8-14-9-19(30-4)20(31-5)10-17(14)27-23(15)28/h6-10,24H,11H2,1-5H3,(H,27,28). The zero-order valence-corrected chi connectivity index (χ0v) is 18.1. The van der Waals surface area contributed by atoms with E-state index in [1.165, 1.54) is 0 Å². The molecule has 0 spiro atoms. The highest BCUT2D eigenvalue weighted by molar-refractivity contribution is 5.92. The third-order valence-electron chi connectivity index (χ3n) is 5.31. The third kappa shape index (κ3) is 3.72. The van der Waals surface area contributed by atoms with E-state index >= 15 is 0 Å². The van der Waals surface area contributed by atoms with Gasteiger partial charge >= 0.3 is 0 Å². The van der Waals surface area contributed by atoms with Crippen molar-refractivity contribution in [2.75, 3.05) is 26.6 Å². The number of benzene rings is 2. The van der Waals surface area contributed by atoms with Crippen LogP contribution in [0.2, 0.25) is 0 Å². The van der Waals surface area contributed by atoms with Crippen LogP contribution >= 0.6 is 0 Å². The molecule has 8 nitrogen and oxygen atoms in total. The van der Waals surface area contributed by atoms with Gasteiger partial charge in [0.25, 0.3) is 5.56 Å². The number of rotatable bonds is 6.